The Bertz CT molecular complexity index is 612. The Morgan fingerprint density at radius 3 is 2.44 bits per heavy atom. The Morgan fingerprint density at radius 2 is 1.83 bits per heavy atom. The summed E-state index contributed by atoms with van der Waals surface area (Å²) < 4.78 is 0. The van der Waals surface area contributed by atoms with Crippen molar-refractivity contribution in [3.63, 3.8) is 0 Å². The van der Waals surface area contributed by atoms with Crippen LogP contribution in [0.5, 0.6) is 0 Å². The molecule has 2 N–H and O–H groups in total. The van der Waals surface area contributed by atoms with E-state index < -0.39 is 5.91 Å². The average molecular weight is 236 g/mol. The van der Waals surface area contributed by atoms with Gasteiger partial charge in [0.2, 0.25) is 5.91 Å². The van der Waals surface area contributed by atoms with Crippen molar-refractivity contribution in [2.24, 2.45) is 5.73 Å². The fraction of sp³-hybridized carbons (Fsp3) is 0.0667. The second-order valence-corrected chi connectivity index (χ2v) is 3.97. The van der Waals surface area contributed by atoms with Gasteiger partial charge in [-0.3, -0.25) is 4.79 Å². The lowest BCUT2D eigenvalue weighted by Gasteiger charge is -2.08. The smallest absolute Gasteiger partial charge is 0.249 e. The summed E-state index contributed by atoms with van der Waals surface area (Å²) >= 11 is 0. The number of carbonyl (C=O) groups is 1. The van der Waals surface area contributed by atoms with Gasteiger partial charge in [-0.25, -0.2) is 0 Å². The number of amides is 1. The van der Waals surface area contributed by atoms with E-state index in [-0.39, 0.29) is 0 Å². The van der Waals surface area contributed by atoms with E-state index in [1.165, 1.54) is 0 Å². The molecule has 2 aromatic rings. The number of nitrogens with zero attached hydrogens (tertiary/aromatic N) is 1. The first-order chi connectivity index (χ1) is 8.72. The van der Waals surface area contributed by atoms with Gasteiger partial charge in [0.1, 0.15) is 0 Å². The van der Waals surface area contributed by atoms with Crippen LogP contribution in [0.15, 0.2) is 48.5 Å². The van der Waals surface area contributed by atoms with E-state index in [0.29, 0.717) is 23.1 Å². The molecule has 3 nitrogen and oxygen atoms in total. The summed E-state index contributed by atoms with van der Waals surface area (Å²) in [4.78, 5) is 11.4. The van der Waals surface area contributed by atoms with Gasteiger partial charge in [-0.2, -0.15) is 5.26 Å². The Morgan fingerprint density at radius 1 is 1.11 bits per heavy atom. The highest BCUT2D eigenvalue weighted by Gasteiger charge is 2.12. The first-order valence-corrected chi connectivity index (χ1v) is 5.58. The predicted molar refractivity (Wildman–Crippen MR) is 68.9 cm³/mol. The lowest BCUT2D eigenvalue weighted by Crippen LogP contribution is -2.15. The van der Waals surface area contributed by atoms with Crippen molar-refractivity contribution in [1.29, 1.82) is 5.26 Å². The van der Waals surface area contributed by atoms with Gasteiger partial charge in [0.25, 0.3) is 0 Å². The summed E-state index contributed by atoms with van der Waals surface area (Å²) in [5.74, 6) is -0.502. The van der Waals surface area contributed by atoms with E-state index in [1.54, 1.807) is 18.2 Å². The summed E-state index contributed by atoms with van der Waals surface area (Å²) in [6, 6.07) is 16.8. The lowest BCUT2D eigenvalue weighted by atomic mass is 9.95. The minimum atomic E-state index is -0.502. The standard InChI is InChI=1S/C15H12N2O/c16-10-12-7-4-8-13(15(17)18)14(12)9-11-5-2-1-3-6-11/h1-8H,9H2,(H2,17,18). The molecule has 0 aliphatic heterocycles. The van der Waals surface area contributed by atoms with Crippen molar-refractivity contribution in [2.75, 3.05) is 0 Å². The summed E-state index contributed by atoms with van der Waals surface area (Å²) in [5, 5.41) is 9.10. The highest BCUT2D eigenvalue weighted by Crippen LogP contribution is 2.18. The van der Waals surface area contributed by atoms with Crippen LogP contribution in [0.4, 0.5) is 0 Å². The van der Waals surface area contributed by atoms with Gasteiger partial charge in [0, 0.05) is 5.56 Å². The van der Waals surface area contributed by atoms with Crippen LogP contribution in [0, 0.1) is 11.3 Å². The van der Waals surface area contributed by atoms with Crippen LogP contribution in [0.3, 0.4) is 0 Å². The highest BCUT2D eigenvalue weighted by molar-refractivity contribution is 5.95. The molecule has 0 aromatic heterocycles. The number of rotatable bonds is 3. The Labute approximate surface area is 105 Å². The van der Waals surface area contributed by atoms with Crippen LogP contribution in [0.1, 0.15) is 27.0 Å². The van der Waals surface area contributed by atoms with Gasteiger partial charge < -0.3 is 5.73 Å². The molecule has 0 bridgehead atoms. The molecule has 2 rings (SSSR count). The monoisotopic (exact) mass is 236 g/mol. The number of nitriles is 1. The van der Waals surface area contributed by atoms with Crippen molar-refractivity contribution < 1.29 is 4.79 Å². The predicted octanol–water partition coefficient (Wildman–Crippen LogP) is 2.25. The second kappa shape index (κ2) is 5.15. The molecule has 2 aromatic carbocycles. The van der Waals surface area contributed by atoms with Crippen molar-refractivity contribution in [1.82, 2.24) is 0 Å². The number of hydrogen-bond donors (Lipinski definition) is 1. The van der Waals surface area contributed by atoms with Crippen molar-refractivity contribution in [2.45, 2.75) is 6.42 Å². The molecule has 0 aliphatic carbocycles. The zero-order chi connectivity index (χ0) is 13.0. The molecule has 0 fully saturated rings. The molecule has 18 heavy (non-hydrogen) atoms. The third-order valence-corrected chi connectivity index (χ3v) is 2.79. The average Bonchev–Trinajstić information content (AvgIpc) is 2.40. The fourth-order valence-corrected chi connectivity index (χ4v) is 1.91. The molecule has 0 saturated carbocycles. The molecular weight excluding hydrogens is 224 g/mol. The third kappa shape index (κ3) is 2.38. The number of primary amides is 1. The van der Waals surface area contributed by atoms with Gasteiger partial charge in [-0.1, -0.05) is 36.4 Å². The van der Waals surface area contributed by atoms with Crippen molar-refractivity contribution in [3.8, 4) is 6.07 Å². The van der Waals surface area contributed by atoms with E-state index in [1.807, 2.05) is 30.3 Å². The quantitative estimate of drug-likeness (QED) is 0.888. The zero-order valence-electron chi connectivity index (χ0n) is 9.76. The first-order valence-electron chi connectivity index (χ1n) is 5.58. The number of carbonyl (C=O) groups excluding carboxylic acids is 1. The molecule has 0 unspecified atom stereocenters. The van der Waals surface area contributed by atoms with E-state index in [9.17, 15) is 4.79 Å². The van der Waals surface area contributed by atoms with E-state index in [2.05, 4.69) is 6.07 Å². The van der Waals surface area contributed by atoms with Gasteiger partial charge in [-0.15, -0.1) is 0 Å². The van der Waals surface area contributed by atoms with Crippen LogP contribution in [0.25, 0.3) is 0 Å². The summed E-state index contributed by atoms with van der Waals surface area (Å²) in [7, 11) is 0. The number of nitrogens with two attached hydrogens (primary N) is 1. The molecule has 1 amide bonds. The molecule has 0 aliphatic rings. The third-order valence-electron chi connectivity index (χ3n) is 2.79. The summed E-state index contributed by atoms with van der Waals surface area (Å²) in [5.41, 5.74) is 7.99. The SMILES string of the molecule is N#Cc1cccc(C(N)=O)c1Cc1ccccc1. The van der Waals surface area contributed by atoms with Crippen molar-refractivity contribution >= 4 is 5.91 Å². The fourth-order valence-electron chi connectivity index (χ4n) is 1.91. The molecule has 3 heteroatoms. The van der Waals surface area contributed by atoms with Crippen LogP contribution in [-0.4, -0.2) is 5.91 Å². The maximum atomic E-state index is 11.4. The van der Waals surface area contributed by atoms with Crippen LogP contribution in [-0.2, 0) is 6.42 Å². The largest absolute Gasteiger partial charge is 0.366 e. The van der Waals surface area contributed by atoms with E-state index in [0.717, 1.165) is 5.56 Å². The number of benzene rings is 2. The van der Waals surface area contributed by atoms with Crippen LogP contribution >= 0.6 is 0 Å². The molecule has 0 radical (unpaired) electrons. The van der Waals surface area contributed by atoms with Gasteiger partial charge in [0.05, 0.1) is 11.6 Å². The van der Waals surface area contributed by atoms with Gasteiger partial charge in [-0.05, 0) is 29.7 Å². The highest BCUT2D eigenvalue weighted by atomic mass is 16.1. The van der Waals surface area contributed by atoms with Crippen molar-refractivity contribution in [3.05, 3.63) is 70.8 Å². The normalized spacial score (nSPS) is 9.72. The first kappa shape index (κ1) is 11.9. The van der Waals surface area contributed by atoms with E-state index in [4.69, 9.17) is 11.0 Å². The summed E-state index contributed by atoms with van der Waals surface area (Å²) in [6.07, 6.45) is 0.531. The van der Waals surface area contributed by atoms with E-state index >= 15 is 0 Å². The minimum absolute atomic E-state index is 0.415. The molecule has 0 spiro atoms. The zero-order valence-corrected chi connectivity index (χ0v) is 9.76. The Hall–Kier alpha value is -2.60. The molecule has 0 saturated heterocycles. The molecule has 0 atom stereocenters. The summed E-state index contributed by atoms with van der Waals surface area (Å²) in [6.45, 7) is 0. The lowest BCUT2D eigenvalue weighted by molar-refractivity contribution is 0.0999. The van der Waals surface area contributed by atoms with Crippen LogP contribution < -0.4 is 5.73 Å². The topological polar surface area (TPSA) is 66.9 Å². The van der Waals surface area contributed by atoms with Gasteiger partial charge >= 0.3 is 0 Å². The minimum Gasteiger partial charge on any atom is -0.366 e. The Kier molecular flexibility index (Phi) is 3.40. The molecule has 88 valence electrons. The Balaban J connectivity index is 2.49. The number of hydrogen-bond acceptors (Lipinski definition) is 2. The second-order valence-electron chi connectivity index (χ2n) is 3.97. The van der Waals surface area contributed by atoms with Gasteiger partial charge in [0.15, 0.2) is 0 Å². The molecular formula is C15H12N2O. The molecule has 0 heterocycles. The van der Waals surface area contributed by atoms with Crippen LogP contribution in [0.2, 0.25) is 0 Å². The maximum Gasteiger partial charge on any atom is 0.249 e. The maximum absolute atomic E-state index is 11.4.